The molecule has 0 nitrogen and oxygen atoms in total. The Kier molecular flexibility index (Phi) is 4.04. The molecule has 1 aromatic carbocycles. The van der Waals surface area contributed by atoms with Crippen LogP contribution in [-0.2, 0) is 6.42 Å². The first-order valence-electron chi connectivity index (χ1n) is 6.79. The quantitative estimate of drug-likeness (QED) is 0.613. The van der Waals surface area contributed by atoms with Crippen LogP contribution in [0.2, 0.25) is 0 Å². The van der Waals surface area contributed by atoms with E-state index in [1.165, 1.54) is 49.7 Å². The number of rotatable bonds is 2. The molecule has 1 saturated carbocycles. The van der Waals surface area contributed by atoms with Crippen LogP contribution in [0.25, 0.3) is 0 Å². The Bertz CT molecular complexity index is 315. The first-order valence-corrected chi connectivity index (χ1v) is 6.79. The fourth-order valence-corrected chi connectivity index (χ4v) is 2.83. The molecule has 1 aliphatic carbocycles. The summed E-state index contributed by atoms with van der Waals surface area (Å²) >= 11 is 0. The van der Waals surface area contributed by atoms with Crippen LogP contribution in [0.4, 0.5) is 0 Å². The van der Waals surface area contributed by atoms with E-state index in [4.69, 9.17) is 0 Å². The minimum Gasteiger partial charge on any atom is -0.0625 e. The second-order valence-corrected chi connectivity index (χ2v) is 5.67. The Morgan fingerprint density at radius 1 is 1.06 bits per heavy atom. The largest absolute Gasteiger partial charge is 0.0625 e. The van der Waals surface area contributed by atoms with Crippen LogP contribution >= 0.6 is 0 Å². The van der Waals surface area contributed by atoms with E-state index >= 15 is 0 Å². The summed E-state index contributed by atoms with van der Waals surface area (Å²) in [6.45, 7) is 4.57. The molecule has 0 N–H and O–H groups in total. The zero-order valence-electron chi connectivity index (χ0n) is 10.7. The number of aryl methyl sites for hydroxylation is 1. The Labute approximate surface area is 102 Å². The molecule has 0 heterocycles. The summed E-state index contributed by atoms with van der Waals surface area (Å²) in [5, 5.41) is 0. The minimum atomic E-state index is 0. The summed E-state index contributed by atoms with van der Waals surface area (Å²) in [6, 6.07) is 9.11. The van der Waals surface area contributed by atoms with Crippen molar-refractivity contribution in [3.8, 4) is 0 Å². The van der Waals surface area contributed by atoms with Crippen LogP contribution in [0.5, 0.6) is 0 Å². The first-order chi connectivity index (χ1) is 7.74. The Balaban J connectivity index is 0.00000144. The van der Waals surface area contributed by atoms with Gasteiger partial charge in [-0.25, -0.2) is 0 Å². The van der Waals surface area contributed by atoms with Crippen LogP contribution in [0.1, 0.15) is 51.6 Å². The third-order valence-corrected chi connectivity index (χ3v) is 4.02. The zero-order chi connectivity index (χ0) is 11.4. The van der Waals surface area contributed by atoms with Crippen molar-refractivity contribution in [2.75, 3.05) is 0 Å². The van der Waals surface area contributed by atoms with Gasteiger partial charge in [-0.05, 0) is 37.2 Å². The highest BCUT2D eigenvalue weighted by atomic mass is 14.2. The van der Waals surface area contributed by atoms with E-state index in [1.807, 2.05) is 0 Å². The summed E-state index contributed by atoms with van der Waals surface area (Å²) < 4.78 is 0. The molecule has 0 amide bonds. The fourth-order valence-electron chi connectivity index (χ4n) is 2.83. The van der Waals surface area contributed by atoms with Crippen molar-refractivity contribution >= 4 is 0 Å². The summed E-state index contributed by atoms with van der Waals surface area (Å²) in [5.41, 5.74) is 2.91. The minimum absolute atomic E-state index is 0. The zero-order valence-corrected chi connectivity index (χ0v) is 10.7. The van der Waals surface area contributed by atoms with E-state index in [-0.39, 0.29) is 1.43 Å². The van der Waals surface area contributed by atoms with Crippen molar-refractivity contribution in [1.82, 2.24) is 0 Å². The first kappa shape index (κ1) is 11.7. The van der Waals surface area contributed by atoms with Crippen LogP contribution < -0.4 is 0 Å². The lowest BCUT2D eigenvalue weighted by molar-refractivity contribution is 0.443. The summed E-state index contributed by atoms with van der Waals surface area (Å²) in [4.78, 5) is 0. The van der Waals surface area contributed by atoms with Crippen LogP contribution in [0.15, 0.2) is 24.3 Å². The second kappa shape index (κ2) is 5.52. The molecule has 0 bridgehead atoms. The van der Waals surface area contributed by atoms with E-state index in [1.54, 1.807) is 0 Å². The third-order valence-electron chi connectivity index (χ3n) is 4.02. The van der Waals surface area contributed by atoms with Gasteiger partial charge in [0.15, 0.2) is 0 Å². The molecule has 90 valence electrons. The van der Waals surface area contributed by atoms with Crippen molar-refractivity contribution in [2.45, 2.75) is 52.4 Å². The van der Waals surface area contributed by atoms with E-state index in [0.29, 0.717) is 0 Å². The van der Waals surface area contributed by atoms with E-state index in [0.717, 1.165) is 11.8 Å². The maximum absolute atomic E-state index is 2.41. The van der Waals surface area contributed by atoms with E-state index in [2.05, 4.69) is 38.1 Å². The average molecular weight is 218 g/mol. The van der Waals surface area contributed by atoms with Gasteiger partial charge in [-0.15, -0.1) is 0 Å². The van der Waals surface area contributed by atoms with Gasteiger partial charge in [0, 0.05) is 1.43 Å². The van der Waals surface area contributed by atoms with Crippen LogP contribution in [0.3, 0.4) is 0 Å². The SMILES string of the molecule is Cc1ccc(CC2CCCC(C)CC2)cc1.[HH]. The van der Waals surface area contributed by atoms with Gasteiger partial charge >= 0.3 is 0 Å². The van der Waals surface area contributed by atoms with Crippen molar-refractivity contribution in [2.24, 2.45) is 11.8 Å². The Morgan fingerprint density at radius 2 is 1.81 bits per heavy atom. The molecular formula is C16H26. The molecule has 1 aromatic rings. The number of hydrogen-bond donors (Lipinski definition) is 0. The van der Waals surface area contributed by atoms with Gasteiger partial charge in [-0.2, -0.15) is 0 Å². The highest BCUT2D eigenvalue weighted by Gasteiger charge is 2.16. The molecule has 1 fully saturated rings. The highest BCUT2D eigenvalue weighted by Crippen LogP contribution is 2.29. The van der Waals surface area contributed by atoms with Gasteiger partial charge in [0.2, 0.25) is 0 Å². The maximum Gasteiger partial charge on any atom is 0 e. The van der Waals surface area contributed by atoms with Crippen molar-refractivity contribution in [3.63, 3.8) is 0 Å². The molecule has 0 spiro atoms. The Morgan fingerprint density at radius 3 is 2.56 bits per heavy atom. The molecule has 0 aliphatic heterocycles. The van der Waals surface area contributed by atoms with Crippen LogP contribution in [0, 0.1) is 18.8 Å². The normalized spacial score (nSPS) is 26.4. The molecule has 16 heavy (non-hydrogen) atoms. The molecule has 1 aliphatic rings. The van der Waals surface area contributed by atoms with Gasteiger partial charge in [0.1, 0.15) is 0 Å². The van der Waals surface area contributed by atoms with Crippen LogP contribution in [-0.4, -0.2) is 0 Å². The molecule has 0 radical (unpaired) electrons. The third kappa shape index (κ3) is 3.37. The number of benzene rings is 1. The standard InChI is InChI=1S/C16H24.H2/c1-13-4-3-5-15(9-6-13)12-16-10-7-14(2)8-11-16;/h7-8,10-11,13,15H,3-6,9,12H2,1-2H3;1H. The molecule has 2 unspecified atom stereocenters. The molecule has 0 saturated heterocycles. The highest BCUT2D eigenvalue weighted by molar-refractivity contribution is 5.21. The molecule has 0 aromatic heterocycles. The van der Waals surface area contributed by atoms with Gasteiger partial charge in [-0.1, -0.05) is 62.4 Å². The summed E-state index contributed by atoms with van der Waals surface area (Å²) in [7, 11) is 0. The van der Waals surface area contributed by atoms with Gasteiger partial charge < -0.3 is 0 Å². The van der Waals surface area contributed by atoms with E-state index in [9.17, 15) is 0 Å². The van der Waals surface area contributed by atoms with E-state index < -0.39 is 0 Å². The lowest BCUT2D eigenvalue weighted by atomic mass is 9.92. The molecule has 2 rings (SSSR count). The molecule has 2 atom stereocenters. The summed E-state index contributed by atoms with van der Waals surface area (Å²) in [5.74, 6) is 1.90. The average Bonchev–Trinajstić information content (AvgIpc) is 2.47. The van der Waals surface area contributed by atoms with Gasteiger partial charge in [0.05, 0.1) is 0 Å². The summed E-state index contributed by atoms with van der Waals surface area (Å²) in [6.07, 6.45) is 8.51. The van der Waals surface area contributed by atoms with Crippen molar-refractivity contribution in [1.29, 1.82) is 0 Å². The van der Waals surface area contributed by atoms with Crippen molar-refractivity contribution in [3.05, 3.63) is 35.4 Å². The Hall–Kier alpha value is -0.780. The molecule has 0 heteroatoms. The maximum atomic E-state index is 2.41. The fraction of sp³-hybridized carbons (Fsp3) is 0.625. The second-order valence-electron chi connectivity index (χ2n) is 5.67. The molecular weight excluding hydrogens is 192 g/mol. The van der Waals surface area contributed by atoms with Gasteiger partial charge in [0.25, 0.3) is 0 Å². The lowest BCUT2D eigenvalue weighted by Gasteiger charge is -2.14. The lowest BCUT2D eigenvalue weighted by Crippen LogP contribution is -2.03. The predicted molar refractivity (Wildman–Crippen MR) is 72.7 cm³/mol. The van der Waals surface area contributed by atoms with Gasteiger partial charge in [-0.3, -0.25) is 0 Å². The monoisotopic (exact) mass is 218 g/mol. The topological polar surface area (TPSA) is 0 Å². The number of hydrogen-bond acceptors (Lipinski definition) is 0. The predicted octanol–water partition coefficient (Wildman–Crippen LogP) is 5.00. The van der Waals surface area contributed by atoms with Crippen molar-refractivity contribution < 1.29 is 1.43 Å². The smallest absolute Gasteiger partial charge is 0 e.